The van der Waals surface area contributed by atoms with E-state index < -0.39 is 0 Å². The van der Waals surface area contributed by atoms with Crippen LogP contribution in [0.25, 0.3) is 10.8 Å². The Morgan fingerprint density at radius 1 is 1.22 bits per heavy atom. The van der Waals surface area contributed by atoms with Crippen molar-refractivity contribution in [3.63, 3.8) is 0 Å². The first-order valence-corrected chi connectivity index (χ1v) is 5.79. The van der Waals surface area contributed by atoms with Gasteiger partial charge in [-0.15, -0.1) is 0 Å². The lowest BCUT2D eigenvalue weighted by atomic mass is 10.1. The Labute approximate surface area is 106 Å². The van der Waals surface area contributed by atoms with Crippen LogP contribution in [-0.2, 0) is 4.79 Å². The second-order valence-electron chi connectivity index (χ2n) is 4.11. The maximum absolute atomic E-state index is 11.3. The summed E-state index contributed by atoms with van der Waals surface area (Å²) in [7, 11) is 1.53. The van der Waals surface area contributed by atoms with Crippen LogP contribution in [-0.4, -0.2) is 24.6 Å². The first-order chi connectivity index (χ1) is 8.66. The maximum atomic E-state index is 11.3. The number of carbonyl (C=O) groups is 1. The fraction of sp³-hybridized carbons (Fsp3) is 0.214. The molecule has 0 aliphatic heterocycles. The molecule has 2 aromatic rings. The van der Waals surface area contributed by atoms with Gasteiger partial charge < -0.3 is 4.74 Å². The van der Waals surface area contributed by atoms with Crippen molar-refractivity contribution in [2.45, 2.75) is 6.42 Å². The lowest BCUT2D eigenvalue weighted by molar-refractivity contribution is -0.130. The van der Waals surface area contributed by atoms with E-state index in [4.69, 9.17) is 10.6 Å². The third kappa shape index (κ3) is 2.99. The fourth-order valence-corrected chi connectivity index (χ4v) is 1.69. The summed E-state index contributed by atoms with van der Waals surface area (Å²) < 4.78 is 5.53. The number of hydrazine groups is 1. The van der Waals surface area contributed by atoms with E-state index in [-0.39, 0.29) is 12.3 Å². The van der Waals surface area contributed by atoms with E-state index >= 15 is 0 Å². The van der Waals surface area contributed by atoms with Crippen LogP contribution in [0.5, 0.6) is 5.75 Å². The molecule has 1 amide bonds. The van der Waals surface area contributed by atoms with Crippen molar-refractivity contribution in [3.8, 4) is 5.75 Å². The molecule has 0 saturated heterocycles. The number of nitrogens with zero attached hydrogens (tertiary/aromatic N) is 1. The topological polar surface area (TPSA) is 55.6 Å². The molecule has 18 heavy (non-hydrogen) atoms. The number of carbonyl (C=O) groups excluding carboxylic acids is 1. The highest BCUT2D eigenvalue weighted by Crippen LogP contribution is 2.20. The summed E-state index contributed by atoms with van der Waals surface area (Å²) >= 11 is 0. The average molecular weight is 244 g/mol. The van der Waals surface area contributed by atoms with E-state index in [1.54, 1.807) is 0 Å². The Balaban J connectivity index is 1.98. The number of hydrogen-bond donors (Lipinski definition) is 1. The summed E-state index contributed by atoms with van der Waals surface area (Å²) in [6, 6.07) is 13.9. The normalized spacial score (nSPS) is 10.3. The highest BCUT2D eigenvalue weighted by atomic mass is 16.5. The summed E-state index contributed by atoms with van der Waals surface area (Å²) in [5.74, 6) is 5.94. The van der Waals surface area contributed by atoms with Gasteiger partial charge in [0, 0.05) is 7.05 Å². The van der Waals surface area contributed by atoms with Crippen LogP contribution in [0.15, 0.2) is 42.5 Å². The summed E-state index contributed by atoms with van der Waals surface area (Å²) in [4.78, 5) is 11.3. The van der Waals surface area contributed by atoms with E-state index in [1.807, 2.05) is 42.5 Å². The zero-order valence-electron chi connectivity index (χ0n) is 10.3. The molecular formula is C14H16N2O2. The quantitative estimate of drug-likeness (QED) is 0.508. The molecule has 0 aliphatic rings. The summed E-state index contributed by atoms with van der Waals surface area (Å²) in [6.07, 6.45) is 0.278. The standard InChI is InChI=1S/C14H16N2O2/c1-16(15)14(17)8-9-18-13-7-6-11-4-2-3-5-12(11)10-13/h2-7,10H,8-9,15H2,1H3. The molecule has 0 unspecified atom stereocenters. The van der Waals surface area contributed by atoms with Crippen molar-refractivity contribution in [2.75, 3.05) is 13.7 Å². The Morgan fingerprint density at radius 3 is 2.67 bits per heavy atom. The van der Waals surface area contributed by atoms with E-state index in [0.717, 1.165) is 16.1 Å². The van der Waals surface area contributed by atoms with Crippen LogP contribution in [0.3, 0.4) is 0 Å². The molecule has 4 heteroatoms. The van der Waals surface area contributed by atoms with Gasteiger partial charge in [-0.2, -0.15) is 0 Å². The van der Waals surface area contributed by atoms with Crippen molar-refractivity contribution < 1.29 is 9.53 Å². The van der Waals surface area contributed by atoms with Crippen LogP contribution < -0.4 is 10.6 Å². The first-order valence-electron chi connectivity index (χ1n) is 5.79. The summed E-state index contributed by atoms with van der Waals surface area (Å²) in [5, 5.41) is 3.36. The minimum Gasteiger partial charge on any atom is -0.493 e. The highest BCUT2D eigenvalue weighted by molar-refractivity contribution is 5.83. The number of rotatable bonds is 4. The predicted molar refractivity (Wildman–Crippen MR) is 71.0 cm³/mol. The predicted octanol–water partition coefficient (Wildman–Crippen LogP) is 1.94. The molecule has 0 bridgehead atoms. The van der Waals surface area contributed by atoms with Crippen LogP contribution >= 0.6 is 0 Å². The number of hydrogen-bond acceptors (Lipinski definition) is 3. The number of fused-ring (bicyclic) bond motifs is 1. The molecule has 0 heterocycles. The molecule has 0 saturated carbocycles. The largest absolute Gasteiger partial charge is 0.493 e. The zero-order chi connectivity index (χ0) is 13.0. The van der Waals surface area contributed by atoms with Crippen LogP contribution in [0.2, 0.25) is 0 Å². The van der Waals surface area contributed by atoms with Gasteiger partial charge in [-0.05, 0) is 22.9 Å². The summed E-state index contributed by atoms with van der Waals surface area (Å²) in [5.41, 5.74) is 0. The Kier molecular flexibility index (Phi) is 3.79. The van der Waals surface area contributed by atoms with Crippen LogP contribution in [0.4, 0.5) is 0 Å². The van der Waals surface area contributed by atoms with E-state index in [2.05, 4.69) is 0 Å². The second-order valence-corrected chi connectivity index (χ2v) is 4.11. The van der Waals surface area contributed by atoms with E-state index in [0.29, 0.717) is 6.61 Å². The van der Waals surface area contributed by atoms with Crippen molar-refractivity contribution in [2.24, 2.45) is 5.84 Å². The number of nitrogens with two attached hydrogens (primary N) is 1. The number of amides is 1. The molecule has 2 aromatic carbocycles. The van der Waals surface area contributed by atoms with Gasteiger partial charge in [-0.3, -0.25) is 9.80 Å². The smallest absolute Gasteiger partial charge is 0.239 e. The molecule has 94 valence electrons. The van der Waals surface area contributed by atoms with Crippen molar-refractivity contribution in [3.05, 3.63) is 42.5 Å². The summed E-state index contributed by atoms with van der Waals surface area (Å²) in [6.45, 7) is 0.332. The first kappa shape index (κ1) is 12.4. The molecule has 0 fully saturated rings. The molecule has 0 radical (unpaired) electrons. The molecule has 4 nitrogen and oxygen atoms in total. The molecular weight excluding hydrogens is 228 g/mol. The van der Waals surface area contributed by atoms with Gasteiger partial charge in [0.1, 0.15) is 5.75 Å². The molecule has 2 N–H and O–H groups in total. The van der Waals surface area contributed by atoms with Gasteiger partial charge in [0.15, 0.2) is 0 Å². The SMILES string of the molecule is CN(N)C(=O)CCOc1ccc2ccccc2c1. The van der Waals surface area contributed by atoms with E-state index in [9.17, 15) is 4.79 Å². The molecule has 0 spiro atoms. The van der Waals surface area contributed by atoms with Gasteiger partial charge in [0.25, 0.3) is 0 Å². The van der Waals surface area contributed by atoms with Crippen LogP contribution in [0.1, 0.15) is 6.42 Å². The van der Waals surface area contributed by atoms with Gasteiger partial charge in [-0.1, -0.05) is 30.3 Å². The minimum atomic E-state index is -0.143. The van der Waals surface area contributed by atoms with Gasteiger partial charge in [-0.25, -0.2) is 5.84 Å². The number of ether oxygens (including phenoxy) is 1. The lowest BCUT2D eigenvalue weighted by Crippen LogP contribution is -2.33. The number of benzene rings is 2. The zero-order valence-corrected chi connectivity index (χ0v) is 10.3. The highest BCUT2D eigenvalue weighted by Gasteiger charge is 2.04. The Hall–Kier alpha value is -2.07. The molecule has 0 aromatic heterocycles. The molecule has 2 rings (SSSR count). The minimum absolute atomic E-state index is 0.143. The third-order valence-electron chi connectivity index (χ3n) is 2.70. The van der Waals surface area contributed by atoms with Crippen LogP contribution in [0, 0.1) is 0 Å². The third-order valence-corrected chi connectivity index (χ3v) is 2.70. The molecule has 0 aliphatic carbocycles. The van der Waals surface area contributed by atoms with Crippen molar-refractivity contribution in [1.82, 2.24) is 5.01 Å². The lowest BCUT2D eigenvalue weighted by Gasteiger charge is -2.10. The molecule has 0 atom stereocenters. The van der Waals surface area contributed by atoms with Gasteiger partial charge in [0.2, 0.25) is 5.91 Å². The monoisotopic (exact) mass is 244 g/mol. The van der Waals surface area contributed by atoms with Crippen molar-refractivity contribution in [1.29, 1.82) is 0 Å². The Morgan fingerprint density at radius 2 is 1.94 bits per heavy atom. The van der Waals surface area contributed by atoms with Crippen molar-refractivity contribution >= 4 is 16.7 Å². The maximum Gasteiger partial charge on any atom is 0.239 e. The average Bonchev–Trinajstić information content (AvgIpc) is 2.38. The van der Waals surface area contributed by atoms with Gasteiger partial charge >= 0.3 is 0 Å². The second kappa shape index (κ2) is 5.51. The Bertz CT molecular complexity index is 552. The fourth-order valence-electron chi connectivity index (χ4n) is 1.69. The van der Waals surface area contributed by atoms with E-state index in [1.165, 1.54) is 12.4 Å². The van der Waals surface area contributed by atoms with Gasteiger partial charge in [0.05, 0.1) is 13.0 Å².